The van der Waals surface area contributed by atoms with Crippen LogP contribution in [0.25, 0.3) is 0 Å². The van der Waals surface area contributed by atoms with Gasteiger partial charge in [0.05, 0.1) is 7.11 Å². The topological polar surface area (TPSA) is 56.8 Å². The number of hydrogen-bond acceptors (Lipinski definition) is 4. The lowest BCUT2D eigenvalue weighted by Crippen LogP contribution is -2.62. The highest BCUT2D eigenvalue weighted by molar-refractivity contribution is 5.89. The van der Waals surface area contributed by atoms with Crippen LogP contribution in [0.15, 0.2) is 24.3 Å². The summed E-state index contributed by atoms with van der Waals surface area (Å²) in [6.07, 6.45) is 0. The molecule has 2 saturated heterocycles. The van der Waals surface area contributed by atoms with Crippen LogP contribution in [0.5, 0.6) is 5.75 Å². The van der Waals surface area contributed by atoms with Gasteiger partial charge < -0.3 is 20.3 Å². The van der Waals surface area contributed by atoms with E-state index in [2.05, 4.69) is 15.5 Å². The zero-order chi connectivity index (χ0) is 14.7. The van der Waals surface area contributed by atoms with Gasteiger partial charge in [-0.25, -0.2) is 4.79 Å². The van der Waals surface area contributed by atoms with E-state index in [1.165, 1.54) is 0 Å². The Bertz CT molecular complexity index is 479. The summed E-state index contributed by atoms with van der Waals surface area (Å²) in [5.74, 6) is 0.788. The number of amides is 2. The van der Waals surface area contributed by atoms with Crippen LogP contribution in [-0.4, -0.2) is 68.3 Å². The van der Waals surface area contributed by atoms with Gasteiger partial charge in [-0.3, -0.25) is 4.90 Å². The van der Waals surface area contributed by atoms with E-state index in [4.69, 9.17) is 4.74 Å². The summed E-state index contributed by atoms with van der Waals surface area (Å²) < 4.78 is 5.11. The molecule has 0 radical (unpaired) electrons. The van der Waals surface area contributed by atoms with Gasteiger partial charge in [-0.05, 0) is 24.3 Å². The smallest absolute Gasteiger partial charge is 0.321 e. The van der Waals surface area contributed by atoms with E-state index in [0.29, 0.717) is 6.04 Å². The predicted octanol–water partition coefficient (Wildman–Crippen LogP) is 0.817. The maximum Gasteiger partial charge on any atom is 0.321 e. The Morgan fingerprint density at radius 3 is 2.38 bits per heavy atom. The molecule has 1 aromatic rings. The number of piperazine rings is 1. The van der Waals surface area contributed by atoms with E-state index in [9.17, 15) is 4.79 Å². The first-order valence-electron chi connectivity index (χ1n) is 7.41. The molecule has 0 atom stereocenters. The van der Waals surface area contributed by atoms with Crippen molar-refractivity contribution in [3.63, 3.8) is 0 Å². The minimum Gasteiger partial charge on any atom is -0.497 e. The van der Waals surface area contributed by atoms with Crippen molar-refractivity contribution in [2.24, 2.45) is 0 Å². The van der Waals surface area contributed by atoms with Gasteiger partial charge in [-0.2, -0.15) is 0 Å². The Kier molecular flexibility index (Phi) is 4.26. The van der Waals surface area contributed by atoms with E-state index in [0.717, 1.165) is 50.7 Å². The molecule has 0 spiro atoms. The van der Waals surface area contributed by atoms with Gasteiger partial charge in [0, 0.05) is 51.0 Å². The maximum atomic E-state index is 12.2. The Morgan fingerprint density at radius 2 is 1.86 bits per heavy atom. The molecule has 2 amide bonds. The summed E-state index contributed by atoms with van der Waals surface area (Å²) in [5.41, 5.74) is 0.798. The van der Waals surface area contributed by atoms with Crippen LogP contribution in [0, 0.1) is 0 Å². The summed E-state index contributed by atoms with van der Waals surface area (Å²) in [6.45, 7) is 5.66. The first kappa shape index (κ1) is 14.2. The fourth-order valence-corrected chi connectivity index (χ4v) is 2.70. The number of nitrogens with zero attached hydrogens (tertiary/aromatic N) is 2. The number of benzene rings is 1. The number of nitrogens with one attached hydrogen (secondary N) is 2. The largest absolute Gasteiger partial charge is 0.497 e. The predicted molar refractivity (Wildman–Crippen MR) is 81.8 cm³/mol. The molecule has 6 heteroatoms. The van der Waals surface area contributed by atoms with E-state index < -0.39 is 0 Å². The number of carbonyl (C=O) groups is 1. The second kappa shape index (κ2) is 6.32. The van der Waals surface area contributed by atoms with Crippen molar-refractivity contribution in [1.82, 2.24) is 15.1 Å². The lowest BCUT2D eigenvalue weighted by atomic mass is 10.1. The standard InChI is InChI=1S/C15H22N4O2/c1-21-14-4-2-12(3-5-14)17-15(20)19-8-6-18(7-9-19)13-10-16-11-13/h2-5,13,16H,6-11H2,1H3,(H,17,20). The molecule has 114 valence electrons. The number of ether oxygens (including phenoxy) is 1. The molecule has 0 aromatic heterocycles. The average Bonchev–Trinajstić information content (AvgIpc) is 2.47. The third-order valence-electron chi connectivity index (χ3n) is 4.22. The zero-order valence-electron chi connectivity index (χ0n) is 12.3. The fourth-order valence-electron chi connectivity index (χ4n) is 2.70. The van der Waals surface area contributed by atoms with Gasteiger partial charge >= 0.3 is 6.03 Å². The minimum absolute atomic E-state index is 0.0217. The fraction of sp³-hybridized carbons (Fsp3) is 0.533. The highest BCUT2D eigenvalue weighted by Crippen LogP contribution is 2.16. The Hall–Kier alpha value is -1.79. The summed E-state index contributed by atoms with van der Waals surface area (Å²) >= 11 is 0. The highest BCUT2D eigenvalue weighted by atomic mass is 16.5. The van der Waals surface area contributed by atoms with Crippen LogP contribution in [0.3, 0.4) is 0 Å². The molecule has 6 nitrogen and oxygen atoms in total. The minimum atomic E-state index is -0.0217. The van der Waals surface area contributed by atoms with Crippen molar-refractivity contribution < 1.29 is 9.53 Å². The van der Waals surface area contributed by atoms with E-state index in [1.807, 2.05) is 29.2 Å². The van der Waals surface area contributed by atoms with E-state index in [-0.39, 0.29) is 6.03 Å². The van der Waals surface area contributed by atoms with Gasteiger partial charge in [0.15, 0.2) is 0 Å². The molecule has 0 saturated carbocycles. The summed E-state index contributed by atoms with van der Waals surface area (Å²) in [6, 6.07) is 8.04. The molecular formula is C15H22N4O2. The van der Waals surface area contributed by atoms with Crippen molar-refractivity contribution in [3.05, 3.63) is 24.3 Å². The van der Waals surface area contributed by atoms with E-state index in [1.54, 1.807) is 7.11 Å². The van der Waals surface area contributed by atoms with Gasteiger partial charge in [0.25, 0.3) is 0 Å². The van der Waals surface area contributed by atoms with Gasteiger partial charge in [-0.1, -0.05) is 0 Å². The molecule has 2 fully saturated rings. The normalized spacial score (nSPS) is 20.0. The Morgan fingerprint density at radius 1 is 1.19 bits per heavy atom. The molecule has 3 rings (SSSR count). The third kappa shape index (κ3) is 3.28. The number of carbonyl (C=O) groups excluding carboxylic acids is 1. The van der Waals surface area contributed by atoms with Gasteiger partial charge in [0.2, 0.25) is 0 Å². The van der Waals surface area contributed by atoms with Gasteiger partial charge in [-0.15, -0.1) is 0 Å². The average molecular weight is 290 g/mol. The van der Waals surface area contributed by atoms with Crippen LogP contribution in [0.1, 0.15) is 0 Å². The first-order chi connectivity index (χ1) is 10.3. The maximum absolute atomic E-state index is 12.2. The number of methoxy groups -OCH3 is 1. The molecule has 0 bridgehead atoms. The lowest BCUT2D eigenvalue weighted by Gasteiger charge is -2.43. The number of anilines is 1. The number of rotatable bonds is 3. The van der Waals surface area contributed by atoms with Crippen LogP contribution in [0.2, 0.25) is 0 Å². The van der Waals surface area contributed by atoms with Crippen molar-refractivity contribution in [3.8, 4) is 5.75 Å². The van der Waals surface area contributed by atoms with Crippen LogP contribution in [0.4, 0.5) is 10.5 Å². The molecule has 2 aliphatic rings. The van der Waals surface area contributed by atoms with Crippen LogP contribution in [-0.2, 0) is 0 Å². The molecule has 2 aliphatic heterocycles. The summed E-state index contributed by atoms with van der Waals surface area (Å²) in [5, 5.41) is 6.23. The first-order valence-corrected chi connectivity index (χ1v) is 7.41. The Labute approximate surface area is 125 Å². The molecule has 0 unspecified atom stereocenters. The number of urea groups is 1. The lowest BCUT2D eigenvalue weighted by molar-refractivity contribution is 0.0878. The van der Waals surface area contributed by atoms with Crippen LogP contribution >= 0.6 is 0 Å². The second-order valence-corrected chi connectivity index (χ2v) is 5.49. The summed E-state index contributed by atoms with van der Waals surface area (Å²) in [4.78, 5) is 16.6. The quantitative estimate of drug-likeness (QED) is 0.865. The second-order valence-electron chi connectivity index (χ2n) is 5.49. The van der Waals surface area contributed by atoms with Crippen molar-refractivity contribution in [2.45, 2.75) is 6.04 Å². The van der Waals surface area contributed by atoms with Crippen molar-refractivity contribution in [2.75, 3.05) is 51.7 Å². The SMILES string of the molecule is COc1ccc(NC(=O)N2CCN(C3CNC3)CC2)cc1. The van der Waals surface area contributed by atoms with Gasteiger partial charge in [0.1, 0.15) is 5.75 Å². The summed E-state index contributed by atoms with van der Waals surface area (Å²) in [7, 11) is 1.63. The Balaban J connectivity index is 1.49. The molecule has 21 heavy (non-hydrogen) atoms. The third-order valence-corrected chi connectivity index (χ3v) is 4.22. The van der Waals surface area contributed by atoms with E-state index >= 15 is 0 Å². The molecule has 1 aromatic carbocycles. The van der Waals surface area contributed by atoms with Crippen molar-refractivity contribution in [1.29, 1.82) is 0 Å². The number of hydrogen-bond donors (Lipinski definition) is 2. The monoisotopic (exact) mass is 290 g/mol. The van der Waals surface area contributed by atoms with Crippen molar-refractivity contribution >= 4 is 11.7 Å². The molecular weight excluding hydrogens is 268 g/mol. The molecule has 0 aliphatic carbocycles. The zero-order valence-corrected chi connectivity index (χ0v) is 12.3. The molecule has 2 heterocycles. The molecule has 2 N–H and O–H groups in total. The van der Waals surface area contributed by atoms with Crippen LogP contribution < -0.4 is 15.4 Å². The highest BCUT2D eigenvalue weighted by Gasteiger charge is 2.29.